The number of Topliss-reactive ketones (excluding diaryl/α,β-unsaturated/α-hetero) is 1. The molecule has 90 valence electrons. The molecule has 0 aromatic heterocycles. The standard InChI is InChI=1S/C16H13BrO/c17-15-9-8-12-6-7-13(10-14(12)16(15)18)11-4-2-1-3-5-11/h1-7,10,15H,8-9H2. The van der Waals surface area contributed by atoms with Gasteiger partial charge in [-0.25, -0.2) is 0 Å². The summed E-state index contributed by atoms with van der Waals surface area (Å²) in [5.74, 6) is 0.217. The zero-order valence-electron chi connectivity index (χ0n) is 9.90. The largest absolute Gasteiger partial charge is 0.293 e. The van der Waals surface area contributed by atoms with Crippen molar-refractivity contribution in [1.82, 2.24) is 0 Å². The molecule has 0 heterocycles. The van der Waals surface area contributed by atoms with E-state index < -0.39 is 0 Å². The number of benzene rings is 2. The topological polar surface area (TPSA) is 17.1 Å². The molecule has 1 aliphatic rings. The number of halogens is 1. The minimum absolute atomic E-state index is 0.0176. The highest BCUT2D eigenvalue weighted by Crippen LogP contribution is 2.29. The van der Waals surface area contributed by atoms with Gasteiger partial charge >= 0.3 is 0 Å². The maximum Gasteiger partial charge on any atom is 0.176 e. The van der Waals surface area contributed by atoms with Crippen molar-refractivity contribution in [2.75, 3.05) is 0 Å². The molecule has 2 aromatic rings. The van der Waals surface area contributed by atoms with E-state index in [2.05, 4.69) is 40.2 Å². The van der Waals surface area contributed by atoms with E-state index in [0.717, 1.165) is 29.5 Å². The van der Waals surface area contributed by atoms with Crippen LogP contribution in [0.15, 0.2) is 48.5 Å². The first-order chi connectivity index (χ1) is 8.75. The molecule has 2 aromatic carbocycles. The maximum absolute atomic E-state index is 12.2. The van der Waals surface area contributed by atoms with E-state index in [1.54, 1.807) is 0 Å². The van der Waals surface area contributed by atoms with Gasteiger partial charge < -0.3 is 0 Å². The van der Waals surface area contributed by atoms with Crippen LogP contribution < -0.4 is 0 Å². The van der Waals surface area contributed by atoms with Gasteiger partial charge in [-0.3, -0.25) is 4.79 Å². The summed E-state index contributed by atoms with van der Waals surface area (Å²) < 4.78 is 0. The lowest BCUT2D eigenvalue weighted by Gasteiger charge is -2.19. The Labute approximate surface area is 115 Å². The average Bonchev–Trinajstić information content (AvgIpc) is 2.44. The van der Waals surface area contributed by atoms with Gasteiger partial charge in [0.15, 0.2) is 5.78 Å². The first kappa shape index (κ1) is 11.7. The van der Waals surface area contributed by atoms with Crippen molar-refractivity contribution in [3.63, 3.8) is 0 Å². The number of alkyl halides is 1. The van der Waals surface area contributed by atoms with Gasteiger partial charge in [0, 0.05) is 5.56 Å². The van der Waals surface area contributed by atoms with E-state index in [1.807, 2.05) is 24.3 Å². The highest BCUT2D eigenvalue weighted by molar-refractivity contribution is 9.10. The van der Waals surface area contributed by atoms with E-state index in [9.17, 15) is 4.79 Å². The molecule has 1 nitrogen and oxygen atoms in total. The zero-order chi connectivity index (χ0) is 12.5. The van der Waals surface area contributed by atoms with Crippen LogP contribution in [-0.4, -0.2) is 10.6 Å². The second kappa shape index (κ2) is 4.69. The van der Waals surface area contributed by atoms with Crippen LogP contribution in [0.3, 0.4) is 0 Å². The molecule has 1 atom stereocenters. The quantitative estimate of drug-likeness (QED) is 0.720. The molecule has 0 saturated carbocycles. The SMILES string of the molecule is O=C1c2cc(-c3ccccc3)ccc2CCC1Br. The molecular weight excluding hydrogens is 288 g/mol. The molecule has 0 bridgehead atoms. The number of carbonyl (C=O) groups excluding carboxylic acids is 1. The fraction of sp³-hybridized carbons (Fsp3) is 0.188. The predicted octanol–water partition coefficient (Wildman–Crippen LogP) is 4.25. The minimum Gasteiger partial charge on any atom is -0.293 e. The van der Waals surface area contributed by atoms with E-state index in [4.69, 9.17) is 0 Å². The Morgan fingerprint density at radius 1 is 1.00 bits per heavy atom. The fourth-order valence-electron chi connectivity index (χ4n) is 2.42. The van der Waals surface area contributed by atoms with Crippen LogP contribution in [0.25, 0.3) is 11.1 Å². The van der Waals surface area contributed by atoms with Gasteiger partial charge in [0.05, 0.1) is 4.83 Å². The number of hydrogen-bond acceptors (Lipinski definition) is 1. The highest BCUT2D eigenvalue weighted by atomic mass is 79.9. The summed E-state index contributed by atoms with van der Waals surface area (Å²) >= 11 is 3.45. The minimum atomic E-state index is -0.0176. The van der Waals surface area contributed by atoms with Crippen LogP contribution in [0.5, 0.6) is 0 Å². The molecule has 0 radical (unpaired) electrons. The van der Waals surface area contributed by atoms with Crippen molar-refractivity contribution in [3.05, 3.63) is 59.7 Å². The molecule has 0 spiro atoms. The second-order valence-corrected chi connectivity index (χ2v) is 5.71. The molecule has 0 aliphatic heterocycles. The third-order valence-electron chi connectivity index (χ3n) is 3.43. The summed E-state index contributed by atoms with van der Waals surface area (Å²) in [6.07, 6.45) is 1.88. The molecule has 1 unspecified atom stereocenters. The van der Waals surface area contributed by atoms with E-state index in [1.165, 1.54) is 5.56 Å². The van der Waals surface area contributed by atoms with Crippen LogP contribution >= 0.6 is 15.9 Å². The zero-order valence-corrected chi connectivity index (χ0v) is 11.5. The summed E-state index contributed by atoms with van der Waals surface area (Å²) in [7, 11) is 0. The molecule has 0 amide bonds. The molecule has 0 N–H and O–H groups in total. The molecule has 0 fully saturated rings. The van der Waals surface area contributed by atoms with Gasteiger partial charge in [-0.1, -0.05) is 58.4 Å². The van der Waals surface area contributed by atoms with Crippen molar-refractivity contribution in [2.45, 2.75) is 17.7 Å². The van der Waals surface area contributed by atoms with Crippen LogP contribution in [-0.2, 0) is 6.42 Å². The predicted molar refractivity (Wildman–Crippen MR) is 77.2 cm³/mol. The van der Waals surface area contributed by atoms with Crippen LogP contribution in [0, 0.1) is 0 Å². The third-order valence-corrected chi connectivity index (χ3v) is 4.31. The summed E-state index contributed by atoms with van der Waals surface area (Å²) in [6, 6.07) is 16.4. The number of aryl methyl sites for hydroxylation is 1. The number of rotatable bonds is 1. The smallest absolute Gasteiger partial charge is 0.176 e. The highest BCUT2D eigenvalue weighted by Gasteiger charge is 2.25. The molecule has 3 rings (SSSR count). The Balaban J connectivity index is 2.08. The van der Waals surface area contributed by atoms with Gasteiger partial charge in [0.25, 0.3) is 0 Å². The van der Waals surface area contributed by atoms with Crippen molar-refractivity contribution >= 4 is 21.7 Å². The lowest BCUT2D eigenvalue weighted by molar-refractivity contribution is 0.0981. The molecular formula is C16H13BrO. The van der Waals surface area contributed by atoms with Gasteiger partial charge in [0.1, 0.15) is 0 Å². The van der Waals surface area contributed by atoms with Gasteiger partial charge in [0.2, 0.25) is 0 Å². The Hall–Kier alpha value is -1.41. The summed E-state index contributed by atoms with van der Waals surface area (Å²) in [6.45, 7) is 0. The monoisotopic (exact) mass is 300 g/mol. The lowest BCUT2D eigenvalue weighted by Crippen LogP contribution is -2.22. The van der Waals surface area contributed by atoms with Crippen molar-refractivity contribution in [2.24, 2.45) is 0 Å². The van der Waals surface area contributed by atoms with Gasteiger partial charge in [-0.2, -0.15) is 0 Å². The van der Waals surface area contributed by atoms with E-state index >= 15 is 0 Å². The molecule has 18 heavy (non-hydrogen) atoms. The molecule has 1 aliphatic carbocycles. The first-order valence-electron chi connectivity index (χ1n) is 6.12. The Bertz CT molecular complexity index is 589. The summed E-state index contributed by atoms with van der Waals surface area (Å²) in [4.78, 5) is 12.1. The Morgan fingerprint density at radius 3 is 2.56 bits per heavy atom. The summed E-state index contributed by atoms with van der Waals surface area (Å²) in [5.41, 5.74) is 4.33. The normalized spacial score (nSPS) is 18.5. The van der Waals surface area contributed by atoms with Gasteiger partial charge in [-0.15, -0.1) is 0 Å². The van der Waals surface area contributed by atoms with Gasteiger partial charge in [-0.05, 0) is 35.6 Å². The van der Waals surface area contributed by atoms with Crippen molar-refractivity contribution in [1.29, 1.82) is 0 Å². The van der Waals surface area contributed by atoms with E-state index in [0.29, 0.717) is 0 Å². The Morgan fingerprint density at radius 2 is 1.78 bits per heavy atom. The van der Waals surface area contributed by atoms with Crippen LogP contribution in [0.2, 0.25) is 0 Å². The fourth-order valence-corrected chi connectivity index (χ4v) is 2.89. The third kappa shape index (κ3) is 2.01. The Kier molecular flexibility index (Phi) is 3.04. The van der Waals surface area contributed by atoms with Crippen LogP contribution in [0.1, 0.15) is 22.3 Å². The molecule has 2 heteroatoms. The van der Waals surface area contributed by atoms with E-state index in [-0.39, 0.29) is 10.6 Å². The van der Waals surface area contributed by atoms with Crippen molar-refractivity contribution < 1.29 is 4.79 Å². The van der Waals surface area contributed by atoms with Crippen LogP contribution in [0.4, 0.5) is 0 Å². The first-order valence-corrected chi connectivity index (χ1v) is 7.04. The number of carbonyl (C=O) groups is 1. The lowest BCUT2D eigenvalue weighted by atomic mass is 9.88. The maximum atomic E-state index is 12.2. The molecule has 0 saturated heterocycles. The summed E-state index contributed by atoms with van der Waals surface area (Å²) in [5, 5.41) is 0. The second-order valence-electron chi connectivity index (χ2n) is 4.61. The number of fused-ring (bicyclic) bond motifs is 1. The van der Waals surface area contributed by atoms with Crippen molar-refractivity contribution in [3.8, 4) is 11.1 Å². The average molecular weight is 301 g/mol. The number of ketones is 1. The number of hydrogen-bond donors (Lipinski definition) is 0.